The van der Waals surface area contributed by atoms with Gasteiger partial charge >= 0.3 is 0 Å². The molecule has 202 valence electrons. The van der Waals surface area contributed by atoms with Crippen molar-refractivity contribution < 1.29 is 24.2 Å². The number of unbranched alkanes of at least 4 members (excludes halogenated alkanes) is 1. The molecule has 1 aliphatic heterocycles. The van der Waals surface area contributed by atoms with Crippen molar-refractivity contribution in [1.82, 2.24) is 9.88 Å². The lowest BCUT2D eigenvalue weighted by Crippen LogP contribution is -2.29. The Balaban J connectivity index is 1.54. The smallest absolute Gasteiger partial charge is 0.295 e. The van der Waals surface area contributed by atoms with Gasteiger partial charge in [0.25, 0.3) is 11.7 Å². The Morgan fingerprint density at radius 3 is 2.33 bits per heavy atom. The summed E-state index contributed by atoms with van der Waals surface area (Å²) < 4.78 is 11.8. The van der Waals surface area contributed by atoms with Crippen LogP contribution in [0.5, 0.6) is 17.2 Å². The molecule has 0 radical (unpaired) electrons. The molecular formula is C33H30N2O5. The van der Waals surface area contributed by atoms with E-state index in [4.69, 9.17) is 9.47 Å². The summed E-state index contributed by atoms with van der Waals surface area (Å²) in [5.41, 5.74) is 1.90. The molecule has 0 saturated carbocycles. The first-order chi connectivity index (χ1) is 19.5. The van der Waals surface area contributed by atoms with Crippen LogP contribution in [-0.2, 0) is 16.1 Å². The van der Waals surface area contributed by atoms with Gasteiger partial charge in [0, 0.05) is 24.5 Å². The number of carbonyl (C=O) groups is 2. The molecule has 5 rings (SSSR count). The van der Waals surface area contributed by atoms with Crippen molar-refractivity contribution >= 4 is 17.4 Å². The van der Waals surface area contributed by atoms with Gasteiger partial charge < -0.3 is 19.5 Å². The molecule has 1 aliphatic rings. The van der Waals surface area contributed by atoms with Gasteiger partial charge in [0.2, 0.25) is 0 Å². The van der Waals surface area contributed by atoms with Gasteiger partial charge in [0.1, 0.15) is 23.0 Å². The maximum atomic E-state index is 13.4. The highest BCUT2D eigenvalue weighted by Crippen LogP contribution is 2.41. The van der Waals surface area contributed by atoms with Crippen molar-refractivity contribution in [2.45, 2.75) is 32.4 Å². The third kappa shape index (κ3) is 5.89. The van der Waals surface area contributed by atoms with Crippen LogP contribution in [0.1, 0.15) is 42.5 Å². The number of carbonyl (C=O) groups excluding carboxylic acids is 2. The van der Waals surface area contributed by atoms with E-state index in [1.54, 1.807) is 54.9 Å². The quantitative estimate of drug-likeness (QED) is 0.106. The van der Waals surface area contributed by atoms with E-state index >= 15 is 0 Å². The summed E-state index contributed by atoms with van der Waals surface area (Å²) in [7, 11) is 0. The van der Waals surface area contributed by atoms with E-state index < -0.39 is 17.7 Å². The van der Waals surface area contributed by atoms with E-state index in [1.165, 1.54) is 4.90 Å². The second-order valence-electron chi connectivity index (χ2n) is 9.50. The highest BCUT2D eigenvalue weighted by Gasteiger charge is 2.46. The predicted molar refractivity (Wildman–Crippen MR) is 152 cm³/mol. The van der Waals surface area contributed by atoms with Crippen LogP contribution in [0.15, 0.2) is 109 Å². The minimum atomic E-state index is -0.826. The first-order valence-electron chi connectivity index (χ1n) is 13.3. The Morgan fingerprint density at radius 2 is 1.60 bits per heavy atom. The number of ether oxygens (including phenoxy) is 2. The summed E-state index contributed by atoms with van der Waals surface area (Å²) in [6, 6.07) is 26.2. The number of nitrogens with zero attached hydrogens (tertiary/aromatic N) is 2. The number of hydrogen-bond donors (Lipinski definition) is 1. The van der Waals surface area contributed by atoms with Gasteiger partial charge in [0.15, 0.2) is 0 Å². The maximum Gasteiger partial charge on any atom is 0.295 e. The fourth-order valence-electron chi connectivity index (χ4n) is 4.65. The summed E-state index contributed by atoms with van der Waals surface area (Å²) in [5.74, 6) is 0.213. The van der Waals surface area contributed by atoms with Crippen molar-refractivity contribution in [3.8, 4) is 17.2 Å². The number of aliphatic hydroxyl groups excluding tert-OH is 1. The topological polar surface area (TPSA) is 89.0 Å². The molecule has 7 nitrogen and oxygen atoms in total. The van der Waals surface area contributed by atoms with E-state index in [0.717, 1.165) is 18.4 Å². The van der Waals surface area contributed by atoms with Crippen LogP contribution in [0.4, 0.5) is 0 Å². The summed E-state index contributed by atoms with van der Waals surface area (Å²) in [6.07, 6.45) is 5.24. The molecule has 3 aromatic carbocycles. The van der Waals surface area contributed by atoms with Crippen LogP contribution >= 0.6 is 0 Å². The third-order valence-electron chi connectivity index (χ3n) is 6.69. The maximum absolute atomic E-state index is 13.4. The first-order valence-corrected chi connectivity index (χ1v) is 13.3. The van der Waals surface area contributed by atoms with Crippen LogP contribution in [0.3, 0.4) is 0 Å². The molecule has 4 aromatic rings. The minimum absolute atomic E-state index is 0.0237. The number of rotatable bonds is 10. The molecule has 1 unspecified atom stereocenters. The molecule has 0 spiro atoms. The number of pyridine rings is 1. The Kier molecular flexibility index (Phi) is 8.21. The molecule has 0 aliphatic carbocycles. The Morgan fingerprint density at radius 1 is 0.875 bits per heavy atom. The molecule has 0 bridgehead atoms. The van der Waals surface area contributed by atoms with E-state index in [-0.39, 0.29) is 17.9 Å². The van der Waals surface area contributed by atoms with Crippen LogP contribution in [0.2, 0.25) is 0 Å². The minimum Gasteiger partial charge on any atom is -0.507 e. The van der Waals surface area contributed by atoms with Gasteiger partial charge in [-0.2, -0.15) is 0 Å². The van der Waals surface area contributed by atoms with E-state index in [9.17, 15) is 14.7 Å². The molecule has 1 aromatic heterocycles. The SMILES string of the molecule is CCCCOc1ccc(/C(O)=C2/C(=O)C(=O)N(Cc3ccncc3)C2c2cccc(Oc3ccccc3)c2)cc1. The van der Waals surface area contributed by atoms with E-state index in [0.29, 0.717) is 35.0 Å². The van der Waals surface area contributed by atoms with Crippen LogP contribution in [0.25, 0.3) is 5.76 Å². The van der Waals surface area contributed by atoms with Gasteiger partial charge in [-0.3, -0.25) is 14.6 Å². The Hall–Kier alpha value is -4.91. The van der Waals surface area contributed by atoms with Crippen LogP contribution in [-0.4, -0.2) is 33.3 Å². The van der Waals surface area contributed by atoms with Crippen molar-refractivity contribution in [3.63, 3.8) is 0 Å². The van der Waals surface area contributed by atoms with Crippen molar-refractivity contribution in [3.05, 3.63) is 126 Å². The molecule has 1 N–H and O–H groups in total. The van der Waals surface area contributed by atoms with E-state index in [1.807, 2.05) is 48.5 Å². The number of ketones is 1. The molecule has 40 heavy (non-hydrogen) atoms. The molecule has 1 fully saturated rings. The van der Waals surface area contributed by atoms with Gasteiger partial charge in [-0.05, 0) is 78.2 Å². The molecule has 1 atom stereocenters. The Labute approximate surface area is 233 Å². The number of aliphatic hydroxyl groups is 1. The average molecular weight is 535 g/mol. The lowest BCUT2D eigenvalue weighted by Gasteiger charge is -2.25. The number of likely N-dealkylation sites (tertiary alicyclic amines) is 1. The number of benzene rings is 3. The molecular weight excluding hydrogens is 504 g/mol. The number of amides is 1. The standard InChI is InChI=1S/C33H30N2O5/c1-2-3-20-39-26-14-12-24(13-15-26)31(36)29-30(35(33(38)32(29)37)22-23-16-18-34-19-17-23)25-8-7-11-28(21-25)40-27-9-5-4-6-10-27/h4-19,21,30,36H,2-3,20,22H2,1H3/b31-29-. The first kappa shape index (κ1) is 26.7. The van der Waals surface area contributed by atoms with Gasteiger partial charge in [-0.15, -0.1) is 0 Å². The van der Waals surface area contributed by atoms with Crippen molar-refractivity contribution in [2.24, 2.45) is 0 Å². The summed E-state index contributed by atoms with van der Waals surface area (Å²) in [5, 5.41) is 11.4. The fourth-order valence-corrected chi connectivity index (χ4v) is 4.65. The van der Waals surface area contributed by atoms with Crippen LogP contribution < -0.4 is 9.47 Å². The normalized spacial score (nSPS) is 16.2. The highest BCUT2D eigenvalue weighted by molar-refractivity contribution is 6.46. The third-order valence-corrected chi connectivity index (χ3v) is 6.69. The second kappa shape index (κ2) is 12.3. The lowest BCUT2D eigenvalue weighted by molar-refractivity contribution is -0.140. The summed E-state index contributed by atoms with van der Waals surface area (Å²) >= 11 is 0. The summed E-state index contributed by atoms with van der Waals surface area (Å²) in [4.78, 5) is 32.4. The number of Topliss-reactive ketones (excluding diaryl/α,β-unsaturated/α-hetero) is 1. The monoisotopic (exact) mass is 534 g/mol. The Bertz CT molecular complexity index is 1500. The second-order valence-corrected chi connectivity index (χ2v) is 9.50. The summed E-state index contributed by atoms with van der Waals surface area (Å²) in [6.45, 7) is 2.86. The highest BCUT2D eigenvalue weighted by atomic mass is 16.5. The molecule has 1 saturated heterocycles. The lowest BCUT2D eigenvalue weighted by atomic mass is 9.95. The predicted octanol–water partition coefficient (Wildman–Crippen LogP) is 6.67. The molecule has 7 heteroatoms. The van der Waals surface area contributed by atoms with Gasteiger partial charge in [-0.1, -0.05) is 43.7 Å². The largest absolute Gasteiger partial charge is 0.507 e. The number of aromatic nitrogens is 1. The van der Waals surface area contributed by atoms with Gasteiger partial charge in [-0.25, -0.2) is 0 Å². The van der Waals surface area contributed by atoms with E-state index in [2.05, 4.69) is 11.9 Å². The van der Waals surface area contributed by atoms with Crippen molar-refractivity contribution in [1.29, 1.82) is 0 Å². The fraction of sp³-hybridized carbons (Fsp3) is 0.182. The van der Waals surface area contributed by atoms with Gasteiger partial charge in [0.05, 0.1) is 18.2 Å². The number of hydrogen-bond acceptors (Lipinski definition) is 6. The number of para-hydroxylation sites is 1. The molecule has 2 heterocycles. The van der Waals surface area contributed by atoms with Crippen molar-refractivity contribution in [2.75, 3.05) is 6.61 Å². The molecule has 1 amide bonds. The zero-order valence-electron chi connectivity index (χ0n) is 22.2. The zero-order valence-corrected chi connectivity index (χ0v) is 22.2. The zero-order chi connectivity index (χ0) is 27.9. The average Bonchev–Trinajstić information content (AvgIpc) is 3.23. The van der Waals surface area contributed by atoms with Crippen LogP contribution in [0, 0.1) is 0 Å².